The van der Waals surface area contributed by atoms with Crippen LogP contribution in [0.4, 0.5) is 0 Å². The van der Waals surface area contributed by atoms with Crippen molar-refractivity contribution in [3.05, 3.63) is 69.7 Å². The zero-order chi connectivity index (χ0) is 24.3. The van der Waals surface area contributed by atoms with Crippen molar-refractivity contribution < 1.29 is 19.8 Å². The van der Waals surface area contributed by atoms with Crippen molar-refractivity contribution in [2.24, 2.45) is 5.41 Å². The smallest absolute Gasteiger partial charge is 0.304 e. The number of aliphatic carboxylic acids is 1. The van der Waals surface area contributed by atoms with Gasteiger partial charge >= 0.3 is 5.97 Å². The SMILES string of the molecule is CCC(O)C(CC)N1C(=O)[C@@](C)(CC(=O)O)C[C@H](c2cccc(Cl)c2)[C@H]1c1ccc(Cl)cc1. The van der Waals surface area contributed by atoms with Crippen molar-refractivity contribution in [2.45, 2.75) is 70.6 Å². The van der Waals surface area contributed by atoms with Crippen molar-refractivity contribution in [1.29, 1.82) is 0 Å². The van der Waals surface area contributed by atoms with Gasteiger partial charge in [0.25, 0.3) is 0 Å². The molecule has 2 unspecified atom stereocenters. The molecule has 2 aromatic carbocycles. The van der Waals surface area contributed by atoms with Gasteiger partial charge in [-0.1, -0.05) is 68.2 Å². The van der Waals surface area contributed by atoms with Crippen LogP contribution in [0.5, 0.6) is 0 Å². The number of carboxylic acids is 1. The first-order valence-corrected chi connectivity index (χ1v) is 12.1. The van der Waals surface area contributed by atoms with Crippen LogP contribution in [0.1, 0.15) is 69.5 Å². The normalized spacial score (nSPS) is 25.0. The predicted octanol–water partition coefficient (Wildman–Crippen LogP) is 6.08. The lowest BCUT2D eigenvalue weighted by Crippen LogP contribution is -2.58. The maximum atomic E-state index is 14.0. The number of carbonyl (C=O) groups excluding carboxylic acids is 1. The van der Waals surface area contributed by atoms with Crippen LogP contribution in [0.3, 0.4) is 0 Å². The van der Waals surface area contributed by atoms with Gasteiger partial charge in [-0.25, -0.2) is 0 Å². The summed E-state index contributed by atoms with van der Waals surface area (Å²) >= 11 is 12.5. The van der Waals surface area contributed by atoms with Gasteiger partial charge in [-0.3, -0.25) is 9.59 Å². The molecule has 3 rings (SSSR count). The molecular weight excluding hydrogens is 461 g/mol. The second-order valence-electron chi connectivity index (χ2n) is 9.16. The van der Waals surface area contributed by atoms with E-state index in [4.69, 9.17) is 23.2 Å². The molecule has 2 aromatic rings. The minimum atomic E-state index is -1.12. The summed E-state index contributed by atoms with van der Waals surface area (Å²) in [6.45, 7) is 5.54. The lowest BCUT2D eigenvalue weighted by molar-refractivity contribution is -0.163. The molecular formula is C26H31Cl2NO4. The molecule has 33 heavy (non-hydrogen) atoms. The highest BCUT2D eigenvalue weighted by atomic mass is 35.5. The monoisotopic (exact) mass is 491 g/mol. The van der Waals surface area contributed by atoms with Crippen LogP contribution in [0.15, 0.2) is 48.5 Å². The van der Waals surface area contributed by atoms with Gasteiger partial charge in [0.05, 0.1) is 30.0 Å². The number of likely N-dealkylation sites (tertiary alicyclic amines) is 1. The molecule has 0 saturated carbocycles. The Labute approximate surface area is 205 Å². The highest BCUT2D eigenvalue weighted by molar-refractivity contribution is 6.30. The van der Waals surface area contributed by atoms with Crippen LogP contribution >= 0.6 is 23.2 Å². The van der Waals surface area contributed by atoms with Crippen molar-refractivity contribution in [3.8, 4) is 0 Å². The third kappa shape index (κ3) is 5.37. The number of carbonyl (C=O) groups is 2. The summed E-state index contributed by atoms with van der Waals surface area (Å²) in [5.74, 6) is -1.49. The summed E-state index contributed by atoms with van der Waals surface area (Å²) in [5, 5.41) is 21.7. The number of piperidine rings is 1. The molecule has 0 radical (unpaired) electrons. The number of nitrogens with zero attached hydrogens (tertiary/aromatic N) is 1. The maximum Gasteiger partial charge on any atom is 0.304 e. The number of hydrogen-bond acceptors (Lipinski definition) is 3. The summed E-state index contributed by atoms with van der Waals surface area (Å²) < 4.78 is 0. The van der Waals surface area contributed by atoms with E-state index >= 15 is 0 Å². The molecule has 1 saturated heterocycles. The molecule has 2 N–H and O–H groups in total. The number of amides is 1. The van der Waals surface area contributed by atoms with Gasteiger partial charge in [0, 0.05) is 16.0 Å². The Morgan fingerprint density at radius 3 is 2.30 bits per heavy atom. The Bertz CT molecular complexity index is 996. The van der Waals surface area contributed by atoms with Crippen molar-refractivity contribution in [1.82, 2.24) is 4.90 Å². The molecule has 1 fully saturated rings. The number of hydrogen-bond donors (Lipinski definition) is 2. The standard InChI is InChI=1S/C26H31Cl2NO4/c1-4-21(22(30)5-2)29-24(16-9-11-18(27)12-10-16)20(17-7-6-8-19(28)13-17)14-26(3,25(29)33)15-23(31)32/h6-13,20-22,24,30H,4-5,14-15H2,1-3H3,(H,31,32)/t20-,21?,22?,24-,26-/m1/s1. The fourth-order valence-electron chi connectivity index (χ4n) is 5.17. The first-order valence-electron chi connectivity index (χ1n) is 11.3. The van der Waals surface area contributed by atoms with Crippen molar-refractivity contribution in [2.75, 3.05) is 0 Å². The molecule has 5 atom stereocenters. The summed E-state index contributed by atoms with van der Waals surface area (Å²) in [7, 11) is 0. The quantitative estimate of drug-likeness (QED) is 0.468. The number of rotatable bonds is 8. The van der Waals surface area contributed by atoms with Gasteiger partial charge in [0.1, 0.15) is 0 Å². The van der Waals surface area contributed by atoms with E-state index in [9.17, 15) is 19.8 Å². The molecule has 0 spiro atoms. The number of aliphatic hydroxyl groups excluding tert-OH is 1. The van der Waals surface area contributed by atoms with Gasteiger partial charge in [0.2, 0.25) is 5.91 Å². The highest BCUT2D eigenvalue weighted by Crippen LogP contribution is 2.52. The number of halogens is 2. The predicted molar refractivity (Wildman–Crippen MR) is 131 cm³/mol. The molecule has 1 aliphatic rings. The molecule has 1 amide bonds. The Morgan fingerprint density at radius 2 is 1.76 bits per heavy atom. The zero-order valence-corrected chi connectivity index (χ0v) is 20.7. The second-order valence-corrected chi connectivity index (χ2v) is 10.0. The van der Waals surface area contributed by atoms with Crippen LogP contribution < -0.4 is 0 Å². The molecule has 178 valence electrons. The van der Waals surface area contributed by atoms with Crippen molar-refractivity contribution in [3.63, 3.8) is 0 Å². The number of benzene rings is 2. The Hall–Kier alpha value is -2.08. The van der Waals surface area contributed by atoms with Gasteiger partial charge in [-0.15, -0.1) is 0 Å². The molecule has 5 nitrogen and oxygen atoms in total. The second kappa shape index (κ2) is 10.5. The van der Waals surface area contributed by atoms with E-state index < -0.39 is 29.6 Å². The van der Waals surface area contributed by atoms with Crippen LogP contribution in [-0.2, 0) is 9.59 Å². The van der Waals surface area contributed by atoms with E-state index in [1.165, 1.54) is 0 Å². The summed E-state index contributed by atoms with van der Waals surface area (Å²) in [6.07, 6.45) is 0.344. The van der Waals surface area contributed by atoms with E-state index in [0.717, 1.165) is 11.1 Å². The lowest BCUT2D eigenvalue weighted by Gasteiger charge is -2.52. The molecule has 1 aliphatic heterocycles. The fourth-order valence-corrected chi connectivity index (χ4v) is 5.50. The van der Waals surface area contributed by atoms with E-state index in [-0.39, 0.29) is 18.2 Å². The summed E-state index contributed by atoms with van der Waals surface area (Å²) in [5.41, 5.74) is 0.692. The Morgan fingerprint density at radius 1 is 1.09 bits per heavy atom. The molecule has 0 aliphatic carbocycles. The van der Waals surface area contributed by atoms with E-state index in [2.05, 4.69) is 0 Å². The van der Waals surface area contributed by atoms with E-state index in [1.54, 1.807) is 30.0 Å². The zero-order valence-electron chi connectivity index (χ0n) is 19.2. The fraction of sp³-hybridized carbons (Fsp3) is 0.462. The minimum absolute atomic E-state index is 0.218. The third-order valence-corrected chi connectivity index (χ3v) is 7.26. The Kier molecular flexibility index (Phi) is 8.09. The molecule has 7 heteroatoms. The van der Waals surface area contributed by atoms with E-state index in [0.29, 0.717) is 29.3 Å². The topological polar surface area (TPSA) is 77.8 Å². The van der Waals surface area contributed by atoms with Gasteiger partial charge < -0.3 is 15.1 Å². The molecule has 1 heterocycles. The van der Waals surface area contributed by atoms with E-state index in [1.807, 2.05) is 44.2 Å². The van der Waals surface area contributed by atoms with Crippen LogP contribution in [0.25, 0.3) is 0 Å². The highest BCUT2D eigenvalue weighted by Gasteiger charge is 2.53. The van der Waals surface area contributed by atoms with Crippen molar-refractivity contribution >= 4 is 35.1 Å². The largest absolute Gasteiger partial charge is 0.481 e. The summed E-state index contributed by atoms with van der Waals surface area (Å²) in [4.78, 5) is 27.5. The first-order chi connectivity index (χ1) is 15.6. The molecule has 0 aromatic heterocycles. The number of aliphatic hydroxyl groups is 1. The first kappa shape index (κ1) is 25.5. The van der Waals surface area contributed by atoms with Crippen LogP contribution in [0.2, 0.25) is 10.0 Å². The third-order valence-electron chi connectivity index (χ3n) is 6.77. The number of carboxylic acid groups (broad SMARTS) is 1. The average molecular weight is 492 g/mol. The average Bonchev–Trinajstić information content (AvgIpc) is 2.77. The summed E-state index contributed by atoms with van der Waals surface area (Å²) in [6, 6.07) is 14.0. The lowest BCUT2D eigenvalue weighted by atomic mass is 9.66. The molecule has 0 bridgehead atoms. The van der Waals surface area contributed by atoms with Gasteiger partial charge in [-0.05, 0) is 54.7 Å². The van der Waals surface area contributed by atoms with Gasteiger partial charge in [-0.2, -0.15) is 0 Å². The van der Waals surface area contributed by atoms with Crippen LogP contribution in [0, 0.1) is 5.41 Å². The maximum absolute atomic E-state index is 14.0. The Balaban J connectivity index is 2.25. The van der Waals surface area contributed by atoms with Gasteiger partial charge in [0.15, 0.2) is 0 Å². The minimum Gasteiger partial charge on any atom is -0.481 e. The van der Waals surface area contributed by atoms with Crippen LogP contribution in [-0.4, -0.2) is 39.1 Å².